The zero-order valence-electron chi connectivity index (χ0n) is 11.3. The van der Waals surface area contributed by atoms with Gasteiger partial charge < -0.3 is 4.90 Å². The molecule has 1 nitrogen and oxygen atoms in total. The zero-order chi connectivity index (χ0) is 12.3. The Morgan fingerprint density at radius 1 is 1.35 bits per heavy atom. The molecule has 2 aliphatic rings. The van der Waals surface area contributed by atoms with E-state index in [4.69, 9.17) is 0 Å². The van der Waals surface area contributed by atoms with E-state index in [1.54, 1.807) is 6.20 Å². The molecule has 1 heterocycles. The van der Waals surface area contributed by atoms with Crippen molar-refractivity contribution in [2.45, 2.75) is 77.3 Å². The molecular weight excluding hydrogens is 213 g/mol. The Kier molecular flexibility index (Phi) is 4.47. The van der Waals surface area contributed by atoms with Crippen molar-refractivity contribution in [2.75, 3.05) is 0 Å². The van der Waals surface area contributed by atoms with Crippen molar-refractivity contribution in [3.8, 4) is 0 Å². The number of halogens is 1. The van der Waals surface area contributed by atoms with E-state index in [1.807, 2.05) is 6.92 Å². The first-order valence-corrected chi connectivity index (χ1v) is 7.37. The summed E-state index contributed by atoms with van der Waals surface area (Å²) in [7, 11) is 0. The quantitative estimate of drug-likeness (QED) is 0.558. The zero-order valence-corrected chi connectivity index (χ0v) is 11.3. The van der Waals surface area contributed by atoms with Crippen LogP contribution in [0.25, 0.3) is 0 Å². The van der Waals surface area contributed by atoms with Crippen LogP contribution in [0.5, 0.6) is 0 Å². The minimum Gasteiger partial charge on any atom is -0.363 e. The van der Waals surface area contributed by atoms with Gasteiger partial charge in [0.2, 0.25) is 0 Å². The molecule has 1 fully saturated rings. The van der Waals surface area contributed by atoms with E-state index in [2.05, 4.69) is 11.8 Å². The van der Waals surface area contributed by atoms with E-state index < -0.39 is 0 Å². The molecule has 0 amide bonds. The van der Waals surface area contributed by atoms with Crippen LogP contribution in [-0.4, -0.2) is 17.0 Å². The molecule has 0 spiro atoms. The second kappa shape index (κ2) is 5.88. The van der Waals surface area contributed by atoms with Crippen LogP contribution in [0.4, 0.5) is 4.39 Å². The first-order chi connectivity index (χ1) is 8.22. The van der Waals surface area contributed by atoms with E-state index in [9.17, 15) is 4.39 Å². The molecule has 0 saturated heterocycles. The lowest BCUT2D eigenvalue weighted by Crippen LogP contribution is -2.44. The van der Waals surface area contributed by atoms with Gasteiger partial charge in [-0.3, -0.25) is 0 Å². The Bertz CT molecular complexity index is 270. The average Bonchev–Trinajstić information content (AvgIpc) is 3.14. The molecule has 98 valence electrons. The lowest BCUT2D eigenvalue weighted by Gasteiger charge is -2.41. The maximum Gasteiger partial charge on any atom is 0.138 e. The molecule has 2 unspecified atom stereocenters. The normalized spacial score (nSPS) is 25.5. The number of hydrogen-bond acceptors (Lipinski definition) is 1. The number of unbranched alkanes of at least 4 members (excludes halogenated alkanes) is 1. The van der Waals surface area contributed by atoms with Crippen molar-refractivity contribution < 1.29 is 4.39 Å². The summed E-state index contributed by atoms with van der Waals surface area (Å²) in [5.74, 6) is 1.11. The van der Waals surface area contributed by atoms with Crippen LogP contribution < -0.4 is 0 Å². The molecule has 0 radical (unpaired) electrons. The average molecular weight is 239 g/mol. The Hall–Kier alpha value is -0.530. The van der Waals surface area contributed by atoms with Gasteiger partial charge in [-0.05, 0) is 25.7 Å². The molecule has 2 atom stereocenters. The topological polar surface area (TPSA) is 3.24 Å². The second-order valence-electron chi connectivity index (χ2n) is 5.81. The van der Waals surface area contributed by atoms with Crippen LogP contribution in [0.3, 0.4) is 0 Å². The smallest absolute Gasteiger partial charge is 0.138 e. The predicted octanol–water partition coefficient (Wildman–Crippen LogP) is 4.64. The molecule has 0 aromatic carbocycles. The number of rotatable bonds is 8. The van der Waals surface area contributed by atoms with Crippen molar-refractivity contribution in [1.29, 1.82) is 0 Å². The third-order valence-electron chi connectivity index (χ3n) is 4.26. The first kappa shape index (κ1) is 12.9. The van der Waals surface area contributed by atoms with Crippen LogP contribution in [-0.2, 0) is 0 Å². The third kappa shape index (κ3) is 3.46. The van der Waals surface area contributed by atoms with Crippen LogP contribution in [0.2, 0.25) is 0 Å². The number of nitrogens with zero attached hydrogens (tertiary/aromatic N) is 1. The van der Waals surface area contributed by atoms with Crippen molar-refractivity contribution >= 4 is 0 Å². The Balaban J connectivity index is 1.68. The monoisotopic (exact) mass is 239 g/mol. The standard InChI is InChI=1S/C15H26FN/c1-3-6-14(17-11-15(16)12(17)2)8-5-4-7-13-9-10-13/h11-14H,3-10H2,1-2H3. The molecule has 0 N–H and O–H groups in total. The van der Waals surface area contributed by atoms with Crippen LogP contribution in [0.1, 0.15) is 65.2 Å². The van der Waals surface area contributed by atoms with E-state index >= 15 is 0 Å². The van der Waals surface area contributed by atoms with Crippen molar-refractivity contribution in [3.63, 3.8) is 0 Å². The molecule has 17 heavy (non-hydrogen) atoms. The second-order valence-corrected chi connectivity index (χ2v) is 5.81. The summed E-state index contributed by atoms with van der Waals surface area (Å²) in [4.78, 5) is 2.23. The highest BCUT2D eigenvalue weighted by Crippen LogP contribution is 2.35. The van der Waals surface area contributed by atoms with Gasteiger partial charge in [-0.25, -0.2) is 4.39 Å². The van der Waals surface area contributed by atoms with E-state index in [-0.39, 0.29) is 11.9 Å². The summed E-state index contributed by atoms with van der Waals surface area (Å²) >= 11 is 0. The summed E-state index contributed by atoms with van der Waals surface area (Å²) in [6.07, 6.45) is 12.4. The van der Waals surface area contributed by atoms with Gasteiger partial charge in [-0.1, -0.05) is 45.4 Å². The fourth-order valence-corrected chi connectivity index (χ4v) is 2.84. The fraction of sp³-hybridized carbons (Fsp3) is 0.867. The molecule has 1 aliphatic carbocycles. The van der Waals surface area contributed by atoms with Crippen molar-refractivity contribution in [3.05, 3.63) is 12.0 Å². The summed E-state index contributed by atoms with van der Waals surface area (Å²) in [6.45, 7) is 4.20. The highest BCUT2D eigenvalue weighted by molar-refractivity contribution is 5.14. The van der Waals surface area contributed by atoms with E-state index in [0.717, 1.165) is 5.92 Å². The predicted molar refractivity (Wildman–Crippen MR) is 70.4 cm³/mol. The minimum atomic E-state index is 0.0370. The van der Waals surface area contributed by atoms with Crippen LogP contribution in [0.15, 0.2) is 12.0 Å². The van der Waals surface area contributed by atoms with Gasteiger partial charge in [0, 0.05) is 12.2 Å². The Morgan fingerprint density at radius 2 is 2.12 bits per heavy atom. The SMILES string of the molecule is CCCC(CCCCC1CC1)N1C=C(F)C1C. The van der Waals surface area contributed by atoms with E-state index in [0.29, 0.717) is 6.04 Å². The van der Waals surface area contributed by atoms with Gasteiger partial charge in [0.1, 0.15) is 5.83 Å². The molecule has 2 rings (SSSR count). The van der Waals surface area contributed by atoms with Crippen molar-refractivity contribution in [2.24, 2.45) is 5.92 Å². The van der Waals surface area contributed by atoms with Gasteiger partial charge in [0.15, 0.2) is 0 Å². The van der Waals surface area contributed by atoms with Gasteiger partial charge in [0.05, 0.1) is 6.04 Å². The highest BCUT2D eigenvalue weighted by atomic mass is 19.1. The van der Waals surface area contributed by atoms with Gasteiger partial charge in [-0.2, -0.15) is 0 Å². The minimum absolute atomic E-state index is 0.0370. The first-order valence-electron chi connectivity index (χ1n) is 7.37. The van der Waals surface area contributed by atoms with Gasteiger partial charge in [-0.15, -0.1) is 0 Å². The van der Waals surface area contributed by atoms with Gasteiger partial charge >= 0.3 is 0 Å². The molecular formula is C15H26FN. The summed E-state index contributed by atoms with van der Waals surface area (Å²) in [5.41, 5.74) is 0. The molecule has 1 aliphatic heterocycles. The van der Waals surface area contributed by atoms with Crippen LogP contribution >= 0.6 is 0 Å². The summed E-state index contributed by atoms with van der Waals surface area (Å²) < 4.78 is 13.1. The maximum absolute atomic E-state index is 13.1. The molecule has 0 aromatic heterocycles. The molecule has 2 heteroatoms. The van der Waals surface area contributed by atoms with E-state index in [1.165, 1.54) is 51.4 Å². The summed E-state index contributed by atoms with van der Waals surface area (Å²) in [6, 6.07) is 0.615. The third-order valence-corrected chi connectivity index (χ3v) is 4.26. The molecule has 1 saturated carbocycles. The van der Waals surface area contributed by atoms with Crippen LogP contribution in [0, 0.1) is 5.92 Å². The fourth-order valence-electron chi connectivity index (χ4n) is 2.84. The highest BCUT2D eigenvalue weighted by Gasteiger charge is 2.30. The van der Waals surface area contributed by atoms with Crippen molar-refractivity contribution in [1.82, 2.24) is 4.90 Å². The van der Waals surface area contributed by atoms with Gasteiger partial charge in [0.25, 0.3) is 0 Å². The molecule has 0 aromatic rings. The lowest BCUT2D eigenvalue weighted by atomic mass is 9.97. The Morgan fingerprint density at radius 3 is 2.65 bits per heavy atom. The largest absolute Gasteiger partial charge is 0.363 e. The lowest BCUT2D eigenvalue weighted by molar-refractivity contribution is 0.146. The summed E-state index contributed by atoms with van der Waals surface area (Å²) in [5, 5.41) is 0. The molecule has 0 bridgehead atoms. The number of hydrogen-bond donors (Lipinski definition) is 0. The Labute approximate surface area is 105 Å². The maximum atomic E-state index is 13.1.